The summed E-state index contributed by atoms with van der Waals surface area (Å²) in [5, 5.41) is 3.13. The van der Waals surface area contributed by atoms with E-state index in [0.717, 1.165) is 71.6 Å². The molecule has 2 fully saturated rings. The molecule has 0 bridgehead atoms. The lowest BCUT2D eigenvalue weighted by atomic mass is 10.1. The average molecular weight is 349 g/mol. The van der Waals surface area contributed by atoms with E-state index in [2.05, 4.69) is 10.2 Å². The molecule has 1 N–H and O–H groups in total. The highest BCUT2D eigenvalue weighted by molar-refractivity contribution is 5.74. The smallest absolute Gasteiger partial charge is 0.317 e. The highest BCUT2D eigenvalue weighted by Gasteiger charge is 2.23. The van der Waals surface area contributed by atoms with Gasteiger partial charge in [-0.2, -0.15) is 0 Å². The van der Waals surface area contributed by atoms with Crippen LogP contribution in [0.2, 0.25) is 0 Å². The first-order valence-electron chi connectivity index (χ1n) is 9.31. The van der Waals surface area contributed by atoms with Crippen LogP contribution in [-0.4, -0.2) is 67.8 Å². The van der Waals surface area contributed by atoms with Crippen molar-refractivity contribution in [1.82, 2.24) is 15.1 Å². The topological polar surface area (TPSA) is 44.8 Å². The molecule has 0 unspecified atom stereocenters. The minimum atomic E-state index is -0.182. The first-order valence-corrected chi connectivity index (χ1v) is 9.31. The van der Waals surface area contributed by atoms with E-state index < -0.39 is 0 Å². The molecular formula is C19H28FN3O2. The van der Waals surface area contributed by atoms with Gasteiger partial charge in [-0.05, 0) is 49.9 Å². The number of benzene rings is 1. The molecule has 1 aromatic rings. The molecule has 2 saturated heterocycles. The quantitative estimate of drug-likeness (QED) is 0.887. The Morgan fingerprint density at radius 2 is 1.80 bits per heavy atom. The van der Waals surface area contributed by atoms with Gasteiger partial charge in [0.25, 0.3) is 0 Å². The summed E-state index contributed by atoms with van der Waals surface area (Å²) in [5.41, 5.74) is 1.18. The zero-order chi connectivity index (χ0) is 17.5. The van der Waals surface area contributed by atoms with E-state index in [1.54, 1.807) is 0 Å². The summed E-state index contributed by atoms with van der Waals surface area (Å²) >= 11 is 0. The van der Waals surface area contributed by atoms with Crippen LogP contribution in [-0.2, 0) is 11.2 Å². The van der Waals surface area contributed by atoms with Crippen molar-refractivity contribution in [2.75, 3.05) is 45.9 Å². The summed E-state index contributed by atoms with van der Waals surface area (Å²) in [5.74, 6) is -0.182. The first kappa shape index (κ1) is 18.1. The number of carbonyl (C=O) groups is 1. The van der Waals surface area contributed by atoms with Crippen LogP contribution < -0.4 is 5.32 Å². The second-order valence-electron chi connectivity index (χ2n) is 6.89. The van der Waals surface area contributed by atoms with Gasteiger partial charge in [0.05, 0.1) is 0 Å². The summed E-state index contributed by atoms with van der Waals surface area (Å²) in [6.45, 7) is 5.92. The first-order chi connectivity index (χ1) is 12.2. The molecule has 0 aromatic heterocycles. The second kappa shape index (κ2) is 9.15. The van der Waals surface area contributed by atoms with Gasteiger partial charge < -0.3 is 15.0 Å². The third-order valence-corrected chi connectivity index (χ3v) is 5.06. The van der Waals surface area contributed by atoms with E-state index in [4.69, 9.17) is 4.74 Å². The van der Waals surface area contributed by atoms with Crippen molar-refractivity contribution in [3.63, 3.8) is 0 Å². The number of amides is 2. The summed E-state index contributed by atoms with van der Waals surface area (Å²) in [6.07, 6.45) is 3.84. The molecule has 0 saturated carbocycles. The average Bonchev–Trinajstić information content (AvgIpc) is 2.65. The molecule has 2 aliphatic heterocycles. The molecular weight excluding hydrogens is 321 g/mol. The molecule has 0 atom stereocenters. The molecule has 0 radical (unpaired) electrons. The van der Waals surface area contributed by atoms with Crippen molar-refractivity contribution in [2.24, 2.45) is 0 Å². The Balaban J connectivity index is 1.32. The van der Waals surface area contributed by atoms with Crippen LogP contribution in [0.15, 0.2) is 24.3 Å². The van der Waals surface area contributed by atoms with Crippen LogP contribution in [0.4, 0.5) is 9.18 Å². The Kier molecular flexibility index (Phi) is 6.64. The van der Waals surface area contributed by atoms with Crippen molar-refractivity contribution in [3.05, 3.63) is 35.6 Å². The Hall–Kier alpha value is -1.66. The van der Waals surface area contributed by atoms with Gasteiger partial charge in [-0.1, -0.05) is 12.1 Å². The highest BCUT2D eigenvalue weighted by Crippen LogP contribution is 2.10. The molecule has 3 rings (SSSR count). The van der Waals surface area contributed by atoms with Crippen molar-refractivity contribution >= 4 is 6.03 Å². The number of urea groups is 1. The van der Waals surface area contributed by atoms with Gasteiger partial charge in [0.1, 0.15) is 5.82 Å². The molecule has 0 aliphatic carbocycles. The van der Waals surface area contributed by atoms with Crippen LogP contribution in [0.25, 0.3) is 0 Å². The van der Waals surface area contributed by atoms with Crippen LogP contribution in [0.1, 0.15) is 24.8 Å². The molecule has 0 spiro atoms. The van der Waals surface area contributed by atoms with Crippen LogP contribution >= 0.6 is 0 Å². The van der Waals surface area contributed by atoms with E-state index in [-0.39, 0.29) is 17.9 Å². The van der Waals surface area contributed by atoms with Gasteiger partial charge in [-0.25, -0.2) is 9.18 Å². The number of hydrogen-bond donors (Lipinski definition) is 1. The Labute approximate surface area is 149 Å². The van der Waals surface area contributed by atoms with Crippen LogP contribution in [0.5, 0.6) is 0 Å². The molecule has 2 amide bonds. The van der Waals surface area contributed by atoms with Crippen LogP contribution in [0, 0.1) is 5.82 Å². The van der Waals surface area contributed by atoms with E-state index in [1.165, 1.54) is 17.7 Å². The number of aryl methyl sites for hydroxylation is 1. The summed E-state index contributed by atoms with van der Waals surface area (Å²) in [6, 6.07) is 7.07. The van der Waals surface area contributed by atoms with Gasteiger partial charge in [0, 0.05) is 45.4 Å². The van der Waals surface area contributed by atoms with E-state index in [0.29, 0.717) is 0 Å². The van der Waals surface area contributed by atoms with Gasteiger partial charge in [-0.3, -0.25) is 4.90 Å². The lowest BCUT2D eigenvalue weighted by Gasteiger charge is -2.36. The SMILES string of the molecule is O=C(NC1CCOCC1)N1CCN(CCCc2ccc(F)cc2)CC1. The number of halogens is 1. The number of hydrogen-bond acceptors (Lipinski definition) is 3. The maximum absolute atomic E-state index is 12.9. The molecule has 5 nitrogen and oxygen atoms in total. The lowest BCUT2D eigenvalue weighted by Crippen LogP contribution is -2.54. The lowest BCUT2D eigenvalue weighted by molar-refractivity contribution is 0.0760. The maximum Gasteiger partial charge on any atom is 0.317 e. The normalized spacial score (nSPS) is 19.8. The van der Waals surface area contributed by atoms with Gasteiger partial charge in [0.2, 0.25) is 0 Å². The number of ether oxygens (including phenoxy) is 1. The highest BCUT2D eigenvalue weighted by atomic mass is 19.1. The van der Waals surface area contributed by atoms with E-state index in [9.17, 15) is 9.18 Å². The molecule has 2 aliphatic rings. The molecule has 2 heterocycles. The van der Waals surface area contributed by atoms with Crippen molar-refractivity contribution < 1.29 is 13.9 Å². The summed E-state index contributed by atoms with van der Waals surface area (Å²) in [7, 11) is 0. The molecule has 6 heteroatoms. The predicted molar refractivity (Wildman–Crippen MR) is 95.1 cm³/mol. The van der Waals surface area contributed by atoms with Gasteiger partial charge in [0.15, 0.2) is 0 Å². The van der Waals surface area contributed by atoms with Crippen molar-refractivity contribution in [3.8, 4) is 0 Å². The molecule has 1 aromatic carbocycles. The van der Waals surface area contributed by atoms with Crippen LogP contribution in [0.3, 0.4) is 0 Å². The monoisotopic (exact) mass is 349 g/mol. The Bertz CT molecular complexity index is 538. The maximum atomic E-state index is 12.9. The standard InChI is InChI=1S/C19H28FN3O2/c20-17-5-3-16(4-6-17)2-1-9-22-10-12-23(13-11-22)19(24)21-18-7-14-25-15-8-18/h3-6,18H,1-2,7-15H2,(H,21,24). The third-order valence-electron chi connectivity index (χ3n) is 5.06. The predicted octanol–water partition coefficient (Wildman–Crippen LogP) is 2.26. The zero-order valence-electron chi connectivity index (χ0n) is 14.8. The van der Waals surface area contributed by atoms with E-state index in [1.807, 2.05) is 17.0 Å². The van der Waals surface area contributed by atoms with Gasteiger partial charge in [-0.15, -0.1) is 0 Å². The van der Waals surface area contributed by atoms with E-state index >= 15 is 0 Å². The number of carbonyl (C=O) groups excluding carboxylic acids is 1. The minimum Gasteiger partial charge on any atom is -0.381 e. The number of piperazine rings is 1. The minimum absolute atomic E-state index is 0.0675. The third kappa shape index (κ3) is 5.68. The Morgan fingerprint density at radius 3 is 2.48 bits per heavy atom. The summed E-state index contributed by atoms with van der Waals surface area (Å²) in [4.78, 5) is 16.7. The second-order valence-corrected chi connectivity index (χ2v) is 6.89. The largest absolute Gasteiger partial charge is 0.381 e. The van der Waals surface area contributed by atoms with Gasteiger partial charge >= 0.3 is 6.03 Å². The number of rotatable bonds is 5. The summed E-state index contributed by atoms with van der Waals surface area (Å²) < 4.78 is 18.2. The fourth-order valence-corrected chi connectivity index (χ4v) is 3.44. The van der Waals surface area contributed by atoms with Crippen molar-refractivity contribution in [1.29, 1.82) is 0 Å². The zero-order valence-corrected chi connectivity index (χ0v) is 14.8. The number of nitrogens with one attached hydrogen (secondary N) is 1. The Morgan fingerprint density at radius 1 is 1.12 bits per heavy atom. The number of nitrogens with zero attached hydrogens (tertiary/aromatic N) is 2. The molecule has 138 valence electrons. The fraction of sp³-hybridized carbons (Fsp3) is 0.632. The van der Waals surface area contributed by atoms with Crippen molar-refractivity contribution in [2.45, 2.75) is 31.7 Å². The molecule has 25 heavy (non-hydrogen) atoms. The fourth-order valence-electron chi connectivity index (χ4n) is 3.44.